The fourth-order valence-corrected chi connectivity index (χ4v) is 4.49. The molecule has 0 aliphatic carbocycles. The second-order valence-electron chi connectivity index (χ2n) is 5.72. The normalized spacial score (nSPS) is 16.7. The van der Waals surface area contributed by atoms with E-state index in [4.69, 9.17) is 4.74 Å². The van der Waals surface area contributed by atoms with Gasteiger partial charge in [-0.1, -0.05) is 18.2 Å². The van der Waals surface area contributed by atoms with E-state index < -0.39 is 10.0 Å². The number of hydrogen-bond donors (Lipinski definition) is 1. The summed E-state index contributed by atoms with van der Waals surface area (Å²) in [5, 5.41) is 2.01. The number of ether oxygens (including phenoxy) is 1. The minimum atomic E-state index is -3.57. The van der Waals surface area contributed by atoms with Gasteiger partial charge in [0.1, 0.15) is 0 Å². The molecule has 6 nitrogen and oxygen atoms in total. The highest BCUT2D eigenvalue weighted by atomic mass is 32.2. The summed E-state index contributed by atoms with van der Waals surface area (Å²) in [6.45, 7) is 1.52. The zero-order valence-electron chi connectivity index (χ0n) is 12.9. The third-order valence-corrected chi connectivity index (χ3v) is 6.20. The summed E-state index contributed by atoms with van der Waals surface area (Å²) in [5.41, 5.74) is 0.446. The monoisotopic (exact) mass is 344 g/mol. The van der Waals surface area contributed by atoms with Gasteiger partial charge in [-0.05, 0) is 29.7 Å². The average Bonchev–Trinajstić information content (AvgIpc) is 2.62. The van der Waals surface area contributed by atoms with Gasteiger partial charge >= 0.3 is 0 Å². The van der Waals surface area contributed by atoms with E-state index in [1.54, 1.807) is 24.3 Å². The standard InChI is InChI=1S/C17H16N2O4S/c20-17-14-4-2-1-3-13(14)15-11-12(5-6-16(15)18-17)24(21,22)19-7-9-23-10-8-19/h1-6,11H,7-10H2,(H,18,20). The molecule has 1 N–H and O–H groups in total. The van der Waals surface area contributed by atoms with Gasteiger partial charge in [-0.2, -0.15) is 4.31 Å². The number of hydrogen-bond acceptors (Lipinski definition) is 4. The Labute approximate surface area is 138 Å². The zero-order valence-corrected chi connectivity index (χ0v) is 13.7. The van der Waals surface area contributed by atoms with Gasteiger partial charge in [0.25, 0.3) is 5.56 Å². The fourth-order valence-electron chi connectivity index (χ4n) is 3.06. The second kappa shape index (κ2) is 5.70. The molecule has 2 heterocycles. The van der Waals surface area contributed by atoms with Crippen LogP contribution in [0.5, 0.6) is 0 Å². The first-order valence-corrected chi connectivity index (χ1v) is 9.14. The predicted molar refractivity (Wildman–Crippen MR) is 91.7 cm³/mol. The number of sulfonamides is 1. The van der Waals surface area contributed by atoms with Crippen LogP contribution in [0.1, 0.15) is 0 Å². The maximum atomic E-state index is 12.8. The largest absolute Gasteiger partial charge is 0.379 e. The molecular formula is C17H16N2O4S. The summed E-state index contributed by atoms with van der Waals surface area (Å²) in [5.74, 6) is 0. The maximum Gasteiger partial charge on any atom is 0.256 e. The van der Waals surface area contributed by atoms with Crippen molar-refractivity contribution < 1.29 is 13.2 Å². The summed E-state index contributed by atoms with van der Waals surface area (Å²) in [7, 11) is -3.57. The van der Waals surface area contributed by atoms with Crippen LogP contribution in [0, 0.1) is 0 Å². The number of aromatic amines is 1. The topological polar surface area (TPSA) is 79.5 Å². The van der Waals surface area contributed by atoms with Crippen LogP contribution < -0.4 is 5.56 Å². The number of aromatic nitrogens is 1. The number of rotatable bonds is 2. The van der Waals surface area contributed by atoms with Crippen LogP contribution in [-0.2, 0) is 14.8 Å². The van der Waals surface area contributed by atoms with Crippen LogP contribution in [0.15, 0.2) is 52.2 Å². The highest BCUT2D eigenvalue weighted by Gasteiger charge is 2.26. The van der Waals surface area contributed by atoms with E-state index in [2.05, 4.69) is 4.98 Å². The minimum Gasteiger partial charge on any atom is -0.379 e. The van der Waals surface area contributed by atoms with Gasteiger partial charge in [0.05, 0.1) is 18.1 Å². The maximum absolute atomic E-state index is 12.8. The molecule has 0 radical (unpaired) electrons. The van der Waals surface area contributed by atoms with Crippen molar-refractivity contribution in [1.29, 1.82) is 0 Å². The lowest BCUT2D eigenvalue weighted by Gasteiger charge is -2.26. The molecule has 0 atom stereocenters. The quantitative estimate of drug-likeness (QED) is 0.718. The number of H-pyrrole nitrogens is 1. The van der Waals surface area contributed by atoms with E-state index in [1.165, 1.54) is 10.4 Å². The Hall–Kier alpha value is -2.22. The number of benzene rings is 2. The minimum absolute atomic E-state index is 0.179. The third-order valence-electron chi connectivity index (χ3n) is 4.31. The molecule has 1 saturated heterocycles. The molecule has 7 heteroatoms. The van der Waals surface area contributed by atoms with Gasteiger partial charge in [-0.15, -0.1) is 0 Å². The Morgan fingerprint density at radius 3 is 2.42 bits per heavy atom. The summed E-state index contributed by atoms with van der Waals surface area (Å²) in [4.78, 5) is 15.2. The summed E-state index contributed by atoms with van der Waals surface area (Å²) in [6, 6.07) is 12.0. The van der Waals surface area contributed by atoms with Crippen LogP contribution >= 0.6 is 0 Å². The molecule has 2 aromatic carbocycles. The molecule has 0 unspecified atom stereocenters. The molecule has 1 aromatic heterocycles. The van der Waals surface area contributed by atoms with Gasteiger partial charge in [0.2, 0.25) is 10.0 Å². The van der Waals surface area contributed by atoms with Crippen molar-refractivity contribution in [3.63, 3.8) is 0 Å². The van der Waals surface area contributed by atoms with E-state index in [0.29, 0.717) is 37.2 Å². The molecule has 0 bridgehead atoms. The lowest BCUT2D eigenvalue weighted by atomic mass is 10.1. The van der Waals surface area contributed by atoms with Gasteiger partial charge in [-0.25, -0.2) is 8.42 Å². The van der Waals surface area contributed by atoms with E-state index in [9.17, 15) is 13.2 Å². The Kier molecular flexibility index (Phi) is 3.64. The van der Waals surface area contributed by atoms with E-state index >= 15 is 0 Å². The first-order chi connectivity index (χ1) is 11.6. The first-order valence-electron chi connectivity index (χ1n) is 7.70. The van der Waals surface area contributed by atoms with Crippen LogP contribution in [0.2, 0.25) is 0 Å². The lowest BCUT2D eigenvalue weighted by molar-refractivity contribution is 0.0730. The fraction of sp³-hybridized carbons (Fsp3) is 0.235. The highest BCUT2D eigenvalue weighted by Crippen LogP contribution is 2.26. The summed E-state index contributed by atoms with van der Waals surface area (Å²) in [6.07, 6.45) is 0. The Bertz CT molecular complexity index is 1080. The number of nitrogens with one attached hydrogen (secondary N) is 1. The molecule has 4 rings (SSSR count). The van der Waals surface area contributed by atoms with Crippen LogP contribution in [-0.4, -0.2) is 44.0 Å². The first kappa shape index (κ1) is 15.3. The average molecular weight is 344 g/mol. The van der Waals surface area contributed by atoms with Crippen molar-refractivity contribution in [2.75, 3.05) is 26.3 Å². The molecule has 124 valence electrons. The Balaban J connectivity index is 1.93. The summed E-state index contributed by atoms with van der Waals surface area (Å²) >= 11 is 0. The van der Waals surface area contributed by atoms with Crippen LogP contribution in [0.4, 0.5) is 0 Å². The van der Waals surface area contributed by atoms with Crippen molar-refractivity contribution in [1.82, 2.24) is 9.29 Å². The van der Waals surface area contributed by atoms with Crippen molar-refractivity contribution in [2.45, 2.75) is 4.90 Å². The van der Waals surface area contributed by atoms with E-state index in [-0.39, 0.29) is 10.5 Å². The molecule has 0 spiro atoms. The predicted octanol–water partition coefficient (Wildman–Crippen LogP) is 1.70. The number of pyridine rings is 1. The van der Waals surface area contributed by atoms with Gasteiger partial charge in [0.15, 0.2) is 0 Å². The number of fused-ring (bicyclic) bond motifs is 3. The van der Waals surface area contributed by atoms with Crippen LogP contribution in [0.25, 0.3) is 21.7 Å². The van der Waals surface area contributed by atoms with Crippen molar-refractivity contribution >= 4 is 31.7 Å². The lowest BCUT2D eigenvalue weighted by Crippen LogP contribution is -2.40. The molecule has 24 heavy (non-hydrogen) atoms. The highest BCUT2D eigenvalue weighted by molar-refractivity contribution is 7.89. The molecule has 0 saturated carbocycles. The van der Waals surface area contributed by atoms with E-state index in [0.717, 1.165) is 10.8 Å². The van der Waals surface area contributed by atoms with E-state index in [1.807, 2.05) is 12.1 Å². The smallest absolute Gasteiger partial charge is 0.256 e. The van der Waals surface area contributed by atoms with Crippen molar-refractivity contribution in [3.8, 4) is 0 Å². The van der Waals surface area contributed by atoms with Crippen molar-refractivity contribution in [2.24, 2.45) is 0 Å². The molecule has 0 amide bonds. The Morgan fingerprint density at radius 2 is 1.67 bits per heavy atom. The third kappa shape index (κ3) is 2.41. The molecular weight excluding hydrogens is 328 g/mol. The Morgan fingerprint density at radius 1 is 0.958 bits per heavy atom. The van der Waals surface area contributed by atoms with Gasteiger partial charge in [-0.3, -0.25) is 4.79 Å². The number of nitrogens with zero attached hydrogens (tertiary/aromatic N) is 1. The zero-order chi connectivity index (χ0) is 16.7. The molecule has 1 fully saturated rings. The van der Waals surface area contributed by atoms with Gasteiger partial charge in [0, 0.05) is 29.4 Å². The second-order valence-corrected chi connectivity index (χ2v) is 7.66. The molecule has 1 aliphatic rings. The SMILES string of the molecule is O=c1[nH]c2ccc(S(=O)(=O)N3CCOCC3)cc2c2ccccc12. The van der Waals surface area contributed by atoms with Gasteiger partial charge < -0.3 is 9.72 Å². The summed E-state index contributed by atoms with van der Waals surface area (Å²) < 4.78 is 32.3. The molecule has 3 aromatic rings. The number of morpholine rings is 1. The van der Waals surface area contributed by atoms with Crippen molar-refractivity contribution in [3.05, 3.63) is 52.8 Å². The van der Waals surface area contributed by atoms with Crippen LogP contribution in [0.3, 0.4) is 0 Å². The molecule has 1 aliphatic heterocycles.